The topological polar surface area (TPSA) is 0 Å². The molecule has 2 aliphatic rings. The van der Waals surface area contributed by atoms with Crippen molar-refractivity contribution in [3.63, 3.8) is 0 Å². The Morgan fingerprint density at radius 2 is 0.686 bits per heavy atom. The van der Waals surface area contributed by atoms with E-state index in [1.54, 1.807) is 0 Å². The minimum absolute atomic E-state index is 0.355. The van der Waals surface area contributed by atoms with Gasteiger partial charge in [0, 0.05) is 0 Å². The summed E-state index contributed by atoms with van der Waals surface area (Å²) in [4.78, 5) is 0. The molecule has 0 saturated carbocycles. The van der Waals surface area contributed by atoms with Gasteiger partial charge in [0.25, 0.3) is 0 Å². The Hall–Kier alpha value is 0.804. The number of allylic oxidation sites excluding steroid dienone is 8. The van der Waals surface area contributed by atoms with Crippen LogP contribution in [0.25, 0.3) is 0 Å². The van der Waals surface area contributed by atoms with E-state index in [4.69, 9.17) is 0 Å². The number of hydrogen-bond acceptors (Lipinski definition) is 0. The molecule has 0 N–H and O–H groups in total. The van der Waals surface area contributed by atoms with Gasteiger partial charge >= 0.3 is 235 Å². The summed E-state index contributed by atoms with van der Waals surface area (Å²) in [5.74, 6) is 0. The zero-order chi connectivity index (χ0) is 27.8. The second-order valence-corrected chi connectivity index (χ2v) is 54.1. The SMILES string of the molecule is C[Si](C)(C)C1=C([Si](C)(C)C)[C]([Ge][C]2([Si](C)(C)C)C=CC([Si](C)(C)C)=C2[Si](C)(C)C)([Si](C)(C)C)C=C1. The molecular weight excluding hydrogens is 577 g/mol. The average Bonchev–Trinajstić information content (AvgIpc) is 3.12. The van der Waals surface area contributed by atoms with E-state index in [0.29, 0.717) is 7.74 Å². The molecule has 0 nitrogen and oxygen atoms in total. The molecule has 2 unspecified atom stereocenters. The Kier molecular flexibility index (Phi) is 8.40. The third-order valence-electron chi connectivity index (χ3n) is 8.20. The first-order valence-electron chi connectivity index (χ1n) is 13.8. The molecule has 198 valence electrons. The summed E-state index contributed by atoms with van der Waals surface area (Å²) in [6.45, 7) is 48.0. The second-order valence-electron chi connectivity index (χ2n) is 17.5. The first-order valence-corrected chi connectivity index (χ1v) is 36.9. The summed E-state index contributed by atoms with van der Waals surface area (Å²) in [5, 5.41) is 7.73. The van der Waals surface area contributed by atoms with Gasteiger partial charge in [0.15, 0.2) is 0 Å². The van der Waals surface area contributed by atoms with Gasteiger partial charge in [-0.1, -0.05) is 0 Å². The van der Waals surface area contributed by atoms with Gasteiger partial charge < -0.3 is 0 Å². The van der Waals surface area contributed by atoms with Crippen LogP contribution in [0.2, 0.25) is 126 Å². The van der Waals surface area contributed by atoms with Crippen molar-refractivity contribution in [2.45, 2.75) is 126 Å². The van der Waals surface area contributed by atoms with E-state index in [9.17, 15) is 0 Å². The van der Waals surface area contributed by atoms with Crippen LogP contribution in [-0.2, 0) is 0 Å². The monoisotopic (exact) mass is 636 g/mol. The van der Waals surface area contributed by atoms with Gasteiger partial charge in [-0.05, 0) is 0 Å². The minimum atomic E-state index is -1.56. The molecule has 2 rings (SSSR count). The normalized spacial score (nSPS) is 27.0. The van der Waals surface area contributed by atoms with Crippen LogP contribution in [0, 0.1) is 0 Å². The number of hydrogen-bond donors (Lipinski definition) is 0. The fourth-order valence-electron chi connectivity index (χ4n) is 6.56. The molecule has 0 bridgehead atoms. The van der Waals surface area contributed by atoms with Crippen LogP contribution in [0.1, 0.15) is 0 Å². The first-order chi connectivity index (χ1) is 15.1. The van der Waals surface area contributed by atoms with E-state index >= 15 is 0 Å². The van der Waals surface area contributed by atoms with Crippen LogP contribution >= 0.6 is 0 Å². The summed E-state index contributed by atoms with van der Waals surface area (Å²) in [6, 6.07) is 0. The van der Waals surface area contributed by atoms with Crippen molar-refractivity contribution < 1.29 is 0 Å². The van der Waals surface area contributed by atoms with E-state index < -0.39 is 48.4 Å². The molecule has 0 spiro atoms. The standard InChI is InChI=1S/C28H58GeSi6/c1-30(2,3)23-19-21-27(34(13,14)15,25(23)32(7,8)9)29-28(35(16,17)18)22-20-24(31(4,5)6)26(28)33(10,11)12/h19-22H,1-18H3. The number of rotatable bonds is 8. The summed E-state index contributed by atoms with van der Waals surface area (Å²) in [7, 11) is -8.99. The van der Waals surface area contributed by atoms with Crippen molar-refractivity contribution in [3.05, 3.63) is 45.1 Å². The van der Waals surface area contributed by atoms with Crippen LogP contribution in [-0.4, -0.2) is 63.9 Å². The Morgan fingerprint density at radius 1 is 0.429 bits per heavy atom. The van der Waals surface area contributed by atoms with Crippen LogP contribution in [0.3, 0.4) is 0 Å². The van der Waals surface area contributed by atoms with Crippen LogP contribution < -0.4 is 0 Å². The third-order valence-corrected chi connectivity index (χ3v) is 38.4. The average molecular weight is 636 g/mol. The fourth-order valence-corrected chi connectivity index (χ4v) is 43.3. The Labute approximate surface area is 233 Å². The van der Waals surface area contributed by atoms with Crippen molar-refractivity contribution in [2.75, 3.05) is 0 Å². The molecule has 2 radical (unpaired) electrons. The third kappa shape index (κ3) is 5.74. The van der Waals surface area contributed by atoms with Crippen LogP contribution in [0.5, 0.6) is 0 Å². The van der Waals surface area contributed by atoms with E-state index in [1.807, 2.05) is 20.8 Å². The molecule has 0 heterocycles. The molecule has 0 fully saturated rings. The van der Waals surface area contributed by atoms with Gasteiger partial charge in [0.05, 0.1) is 0 Å². The van der Waals surface area contributed by atoms with Crippen LogP contribution in [0.4, 0.5) is 0 Å². The van der Waals surface area contributed by atoms with E-state index in [1.165, 1.54) is 0 Å². The zero-order valence-corrected chi connectivity index (χ0v) is 34.9. The van der Waals surface area contributed by atoms with Gasteiger partial charge in [-0.15, -0.1) is 0 Å². The molecule has 0 aromatic rings. The van der Waals surface area contributed by atoms with Gasteiger partial charge in [-0.25, -0.2) is 0 Å². The van der Waals surface area contributed by atoms with Gasteiger partial charge in [0.1, 0.15) is 0 Å². The predicted octanol–water partition coefficient (Wildman–Crippen LogP) is 10.0. The van der Waals surface area contributed by atoms with Crippen molar-refractivity contribution in [1.29, 1.82) is 0 Å². The Morgan fingerprint density at radius 3 is 0.857 bits per heavy atom. The van der Waals surface area contributed by atoms with Gasteiger partial charge in [-0.2, -0.15) is 0 Å². The fraction of sp³-hybridized carbons (Fsp3) is 0.714. The zero-order valence-electron chi connectivity index (χ0n) is 26.8. The molecule has 0 amide bonds. The summed E-state index contributed by atoms with van der Waals surface area (Å²) in [5.41, 5.74) is 0. The van der Waals surface area contributed by atoms with Crippen LogP contribution in [0.15, 0.2) is 45.1 Å². The first kappa shape index (κ1) is 32.0. The Balaban J connectivity index is 3.06. The quantitative estimate of drug-likeness (QED) is 0.233. The molecule has 2 atom stereocenters. The second kappa shape index (κ2) is 9.18. The Bertz CT molecular complexity index is 895. The van der Waals surface area contributed by atoms with Crippen molar-refractivity contribution >= 4 is 63.9 Å². The van der Waals surface area contributed by atoms with E-state index in [2.05, 4.69) is 142 Å². The van der Waals surface area contributed by atoms with E-state index in [0.717, 1.165) is 0 Å². The summed E-state index contributed by atoms with van der Waals surface area (Å²) >= 11 is -0.355. The molecule has 0 aliphatic heterocycles. The van der Waals surface area contributed by atoms with Crippen molar-refractivity contribution in [1.82, 2.24) is 0 Å². The maximum atomic E-state index is 2.87. The molecule has 7 heteroatoms. The molecule has 2 aliphatic carbocycles. The molecule has 0 aromatic heterocycles. The van der Waals surface area contributed by atoms with Gasteiger partial charge in [-0.3, -0.25) is 0 Å². The maximum absolute atomic E-state index is 2.87. The summed E-state index contributed by atoms with van der Waals surface area (Å²) in [6.07, 6.45) is 11.1. The molecule has 0 saturated heterocycles. The molecular formula is C28H58GeSi6. The van der Waals surface area contributed by atoms with Gasteiger partial charge in [0.2, 0.25) is 0 Å². The summed E-state index contributed by atoms with van der Waals surface area (Å²) < 4.78 is 0.801. The van der Waals surface area contributed by atoms with E-state index in [-0.39, 0.29) is 15.4 Å². The predicted molar refractivity (Wildman–Crippen MR) is 184 cm³/mol. The molecule has 0 aromatic carbocycles. The van der Waals surface area contributed by atoms with Crippen molar-refractivity contribution in [3.8, 4) is 0 Å². The molecule has 35 heavy (non-hydrogen) atoms. The van der Waals surface area contributed by atoms with Crippen molar-refractivity contribution in [2.24, 2.45) is 0 Å².